The van der Waals surface area contributed by atoms with Crippen molar-refractivity contribution in [3.05, 3.63) is 34.6 Å². The van der Waals surface area contributed by atoms with Gasteiger partial charge >= 0.3 is 0 Å². The zero-order valence-electron chi connectivity index (χ0n) is 10.8. The number of nitrogens with zero attached hydrogens (tertiary/aromatic N) is 2. The van der Waals surface area contributed by atoms with Crippen molar-refractivity contribution in [3.63, 3.8) is 0 Å². The summed E-state index contributed by atoms with van der Waals surface area (Å²) in [5.41, 5.74) is 0.880. The molecule has 1 aromatic heterocycles. The fourth-order valence-electron chi connectivity index (χ4n) is 1.54. The Morgan fingerprint density at radius 2 is 1.79 bits per heavy atom. The largest absolute Gasteiger partial charge is 0.345 e. The lowest BCUT2D eigenvalue weighted by Gasteiger charge is -2.11. The lowest BCUT2D eigenvalue weighted by molar-refractivity contribution is -0.155. The third-order valence-electron chi connectivity index (χ3n) is 2.38. The quantitative estimate of drug-likeness (QED) is 0.759. The van der Waals surface area contributed by atoms with Gasteiger partial charge in [-0.1, -0.05) is 21.1 Å². The van der Waals surface area contributed by atoms with E-state index in [0.717, 1.165) is 10.0 Å². The molecule has 0 spiro atoms. The van der Waals surface area contributed by atoms with Gasteiger partial charge in [-0.3, -0.25) is 0 Å². The van der Waals surface area contributed by atoms with Gasteiger partial charge in [0.05, 0.1) is 0 Å². The number of hydrogen-bond donors (Lipinski definition) is 0. The maximum absolute atomic E-state index is 5.41. The van der Waals surface area contributed by atoms with Gasteiger partial charge in [-0.25, -0.2) is 0 Å². The van der Waals surface area contributed by atoms with Crippen molar-refractivity contribution >= 4 is 15.9 Å². The molecule has 0 fully saturated rings. The molecule has 0 bridgehead atoms. The average Bonchev–Trinajstić information content (AvgIpc) is 2.89. The molecule has 0 aliphatic carbocycles. The van der Waals surface area contributed by atoms with Gasteiger partial charge in [0.1, 0.15) is 0 Å². The van der Waals surface area contributed by atoms with Crippen molar-refractivity contribution < 1.29 is 14.0 Å². The van der Waals surface area contributed by atoms with Gasteiger partial charge in [-0.05, 0) is 38.1 Å². The molecule has 0 aliphatic heterocycles. The van der Waals surface area contributed by atoms with E-state index in [9.17, 15) is 0 Å². The van der Waals surface area contributed by atoms with E-state index in [2.05, 4.69) is 26.1 Å². The Balaban J connectivity index is 2.19. The first-order valence-corrected chi connectivity index (χ1v) is 6.86. The summed E-state index contributed by atoms with van der Waals surface area (Å²) in [5, 5.41) is 3.94. The molecule has 2 aromatic rings. The second kappa shape index (κ2) is 6.79. The van der Waals surface area contributed by atoms with Crippen molar-refractivity contribution in [2.45, 2.75) is 20.1 Å². The Morgan fingerprint density at radius 1 is 1.16 bits per heavy atom. The number of benzene rings is 1. The third-order valence-corrected chi connectivity index (χ3v) is 2.91. The number of hydrogen-bond acceptors (Lipinski definition) is 5. The van der Waals surface area contributed by atoms with Crippen molar-refractivity contribution in [2.24, 2.45) is 0 Å². The van der Waals surface area contributed by atoms with E-state index in [1.807, 2.05) is 38.1 Å². The highest BCUT2D eigenvalue weighted by atomic mass is 79.9. The first-order valence-electron chi connectivity index (χ1n) is 6.07. The van der Waals surface area contributed by atoms with Crippen LogP contribution in [0.4, 0.5) is 0 Å². The van der Waals surface area contributed by atoms with Gasteiger partial charge < -0.3 is 14.0 Å². The molecular formula is C13H15BrN2O3. The van der Waals surface area contributed by atoms with Crippen LogP contribution in [-0.4, -0.2) is 23.4 Å². The molecule has 0 saturated carbocycles. The molecular weight excluding hydrogens is 312 g/mol. The number of ether oxygens (including phenoxy) is 2. The SMILES string of the molecule is CCOC(OCC)c1nc(-c2ccc(Br)cc2)no1. The van der Waals surface area contributed by atoms with Gasteiger partial charge in [0.25, 0.3) is 5.89 Å². The molecule has 1 heterocycles. The predicted molar refractivity (Wildman–Crippen MR) is 73.4 cm³/mol. The number of aromatic nitrogens is 2. The summed E-state index contributed by atoms with van der Waals surface area (Å²) in [7, 11) is 0. The van der Waals surface area contributed by atoms with E-state index in [1.165, 1.54) is 0 Å². The molecule has 0 amide bonds. The maximum Gasteiger partial charge on any atom is 0.283 e. The van der Waals surface area contributed by atoms with Crippen LogP contribution in [0.1, 0.15) is 26.0 Å². The van der Waals surface area contributed by atoms with Gasteiger partial charge in [-0.2, -0.15) is 4.98 Å². The van der Waals surface area contributed by atoms with E-state index < -0.39 is 6.29 Å². The molecule has 5 nitrogen and oxygen atoms in total. The summed E-state index contributed by atoms with van der Waals surface area (Å²) in [6.07, 6.45) is -0.605. The standard InChI is InChI=1S/C13H15BrN2O3/c1-3-17-13(18-4-2)12-15-11(16-19-12)9-5-7-10(14)8-6-9/h5-8,13H,3-4H2,1-2H3. The second-order valence-corrected chi connectivity index (χ2v) is 4.62. The van der Waals surface area contributed by atoms with Gasteiger partial charge in [-0.15, -0.1) is 0 Å². The first-order chi connectivity index (χ1) is 9.24. The monoisotopic (exact) mass is 326 g/mol. The van der Waals surface area contributed by atoms with E-state index in [1.54, 1.807) is 0 Å². The highest BCUT2D eigenvalue weighted by Crippen LogP contribution is 2.23. The van der Waals surface area contributed by atoms with Crippen LogP contribution >= 0.6 is 15.9 Å². The van der Waals surface area contributed by atoms with Gasteiger partial charge in [0.2, 0.25) is 12.1 Å². The van der Waals surface area contributed by atoms with Crippen molar-refractivity contribution in [1.82, 2.24) is 10.1 Å². The summed E-state index contributed by atoms with van der Waals surface area (Å²) in [5.74, 6) is 0.855. The van der Waals surface area contributed by atoms with Gasteiger partial charge in [0, 0.05) is 23.2 Å². The smallest absolute Gasteiger partial charge is 0.283 e. The molecule has 0 radical (unpaired) electrons. The van der Waals surface area contributed by atoms with E-state index >= 15 is 0 Å². The minimum Gasteiger partial charge on any atom is -0.345 e. The molecule has 19 heavy (non-hydrogen) atoms. The van der Waals surface area contributed by atoms with Crippen LogP contribution in [0.15, 0.2) is 33.3 Å². The third kappa shape index (κ3) is 3.62. The molecule has 0 atom stereocenters. The Kier molecular flexibility index (Phi) is 5.07. The zero-order chi connectivity index (χ0) is 13.7. The lowest BCUT2D eigenvalue weighted by atomic mass is 10.2. The van der Waals surface area contributed by atoms with E-state index in [4.69, 9.17) is 14.0 Å². The summed E-state index contributed by atoms with van der Waals surface area (Å²) < 4.78 is 17.0. The van der Waals surface area contributed by atoms with Crippen LogP contribution in [0.2, 0.25) is 0 Å². The van der Waals surface area contributed by atoms with Crippen molar-refractivity contribution in [2.75, 3.05) is 13.2 Å². The lowest BCUT2D eigenvalue weighted by Crippen LogP contribution is -2.09. The minimum atomic E-state index is -0.605. The molecule has 1 aromatic carbocycles. The maximum atomic E-state index is 5.41. The van der Waals surface area contributed by atoms with Crippen molar-refractivity contribution in [3.8, 4) is 11.4 Å². The van der Waals surface area contributed by atoms with Crippen molar-refractivity contribution in [1.29, 1.82) is 0 Å². The van der Waals surface area contributed by atoms with Crippen LogP contribution in [0.3, 0.4) is 0 Å². The Morgan fingerprint density at radius 3 is 2.37 bits per heavy atom. The molecule has 0 aliphatic rings. The normalized spacial score (nSPS) is 11.2. The molecule has 6 heteroatoms. The van der Waals surface area contributed by atoms with Crippen LogP contribution in [0, 0.1) is 0 Å². The summed E-state index contributed by atoms with van der Waals surface area (Å²) >= 11 is 3.38. The Bertz CT molecular complexity index is 507. The number of rotatable bonds is 6. The first kappa shape index (κ1) is 14.2. The Labute approximate surface area is 120 Å². The van der Waals surface area contributed by atoms with E-state index in [-0.39, 0.29) is 0 Å². The molecule has 102 valence electrons. The van der Waals surface area contributed by atoms with Crippen LogP contribution in [-0.2, 0) is 9.47 Å². The summed E-state index contributed by atoms with van der Waals surface area (Å²) in [4.78, 5) is 4.30. The molecule has 2 rings (SSSR count). The van der Waals surface area contributed by atoms with Crippen LogP contribution < -0.4 is 0 Å². The van der Waals surface area contributed by atoms with Crippen LogP contribution in [0.25, 0.3) is 11.4 Å². The zero-order valence-corrected chi connectivity index (χ0v) is 12.4. The summed E-state index contributed by atoms with van der Waals surface area (Å²) in [6, 6.07) is 7.67. The minimum absolute atomic E-state index is 0.335. The second-order valence-electron chi connectivity index (χ2n) is 3.71. The van der Waals surface area contributed by atoms with Gasteiger partial charge in [0.15, 0.2) is 0 Å². The average molecular weight is 327 g/mol. The molecule has 0 N–H and O–H groups in total. The van der Waals surface area contributed by atoms with E-state index in [0.29, 0.717) is 24.9 Å². The Hall–Kier alpha value is -1.24. The molecule has 0 unspecified atom stereocenters. The highest BCUT2D eigenvalue weighted by molar-refractivity contribution is 9.10. The highest BCUT2D eigenvalue weighted by Gasteiger charge is 2.20. The van der Waals surface area contributed by atoms with Crippen LogP contribution in [0.5, 0.6) is 0 Å². The fraction of sp³-hybridized carbons (Fsp3) is 0.385. The topological polar surface area (TPSA) is 57.4 Å². The number of halogens is 1. The summed E-state index contributed by atoms with van der Waals surface area (Å²) in [6.45, 7) is 4.80. The molecule has 0 saturated heterocycles. The predicted octanol–water partition coefficient (Wildman–Crippen LogP) is 3.57. The fourth-order valence-corrected chi connectivity index (χ4v) is 1.80.